The van der Waals surface area contributed by atoms with Crippen LogP contribution in [-0.4, -0.2) is 42.2 Å². The number of methoxy groups -OCH3 is 1. The lowest BCUT2D eigenvalue weighted by molar-refractivity contribution is 0.0692. The minimum atomic E-state index is -1.05. The number of halogens is 1. The summed E-state index contributed by atoms with van der Waals surface area (Å²) < 4.78 is 5.39. The van der Waals surface area contributed by atoms with Gasteiger partial charge in [0.2, 0.25) is 0 Å². The number of anilines is 1. The zero-order valence-corrected chi connectivity index (χ0v) is 14.8. The van der Waals surface area contributed by atoms with Gasteiger partial charge in [-0.2, -0.15) is 0 Å². The first-order valence-electron chi connectivity index (χ1n) is 8.63. The topological polar surface area (TPSA) is 75.8 Å². The van der Waals surface area contributed by atoms with Crippen molar-refractivity contribution >= 4 is 23.3 Å². The van der Waals surface area contributed by atoms with E-state index < -0.39 is 5.97 Å². The summed E-state index contributed by atoms with van der Waals surface area (Å²) in [5.41, 5.74) is 7.42. The molecule has 5 nitrogen and oxygen atoms in total. The number of nitrogens with two attached hydrogens (primary N) is 1. The highest BCUT2D eigenvalue weighted by Crippen LogP contribution is 2.39. The molecule has 2 atom stereocenters. The van der Waals surface area contributed by atoms with Crippen molar-refractivity contribution in [3.05, 3.63) is 22.2 Å². The molecule has 1 aromatic carbocycles. The van der Waals surface area contributed by atoms with Crippen molar-refractivity contribution in [2.45, 2.75) is 44.6 Å². The number of aromatic carboxylic acids is 1. The van der Waals surface area contributed by atoms with Gasteiger partial charge in [0, 0.05) is 18.2 Å². The molecule has 2 aliphatic heterocycles. The number of carbonyl (C=O) groups is 1. The van der Waals surface area contributed by atoms with E-state index >= 15 is 0 Å². The number of benzene rings is 1. The van der Waals surface area contributed by atoms with Crippen LogP contribution in [0.4, 0.5) is 5.69 Å². The van der Waals surface area contributed by atoms with Crippen LogP contribution in [-0.2, 0) is 6.42 Å². The molecule has 0 saturated carbocycles. The standard InChI is InChI=1S/C18H25ClN2O3/c1-24-17-13(16(20)15(19)9-14(17)18(22)23)8-11-5-6-12-4-2-3-7-21(12)10-11/h9,11-12H,2-8,10,20H2,1H3,(H,22,23). The summed E-state index contributed by atoms with van der Waals surface area (Å²) in [5, 5.41) is 9.70. The zero-order chi connectivity index (χ0) is 17.3. The number of rotatable bonds is 4. The Morgan fingerprint density at radius 2 is 2.21 bits per heavy atom. The Morgan fingerprint density at radius 1 is 1.42 bits per heavy atom. The van der Waals surface area contributed by atoms with Crippen molar-refractivity contribution < 1.29 is 14.6 Å². The van der Waals surface area contributed by atoms with E-state index in [1.54, 1.807) is 0 Å². The van der Waals surface area contributed by atoms with Gasteiger partial charge in [-0.1, -0.05) is 18.0 Å². The van der Waals surface area contributed by atoms with Gasteiger partial charge < -0.3 is 20.5 Å². The van der Waals surface area contributed by atoms with Crippen LogP contribution in [0.1, 0.15) is 48.0 Å². The van der Waals surface area contributed by atoms with Crippen molar-refractivity contribution in [1.82, 2.24) is 4.90 Å². The third-order valence-corrected chi connectivity index (χ3v) is 5.76. The molecule has 0 aliphatic carbocycles. The minimum Gasteiger partial charge on any atom is -0.495 e. The monoisotopic (exact) mass is 352 g/mol. The predicted octanol–water partition coefficient (Wildman–Crippen LogP) is 3.44. The number of hydrogen-bond donors (Lipinski definition) is 2. The van der Waals surface area contributed by atoms with Crippen LogP contribution in [0.15, 0.2) is 6.07 Å². The highest BCUT2D eigenvalue weighted by molar-refractivity contribution is 6.33. The number of hydrogen-bond acceptors (Lipinski definition) is 4. The first-order valence-corrected chi connectivity index (χ1v) is 9.01. The van der Waals surface area contributed by atoms with Crippen LogP contribution in [0.25, 0.3) is 0 Å². The molecule has 2 heterocycles. The lowest BCUT2D eigenvalue weighted by Crippen LogP contribution is -2.46. The third-order valence-electron chi connectivity index (χ3n) is 5.45. The summed E-state index contributed by atoms with van der Waals surface area (Å²) >= 11 is 6.17. The molecule has 132 valence electrons. The largest absolute Gasteiger partial charge is 0.495 e. The Kier molecular flexibility index (Phi) is 5.21. The van der Waals surface area contributed by atoms with Crippen LogP contribution in [0, 0.1) is 5.92 Å². The number of fused-ring (bicyclic) bond motifs is 1. The average molecular weight is 353 g/mol. The van der Waals surface area contributed by atoms with Gasteiger partial charge >= 0.3 is 5.97 Å². The molecule has 3 rings (SSSR count). The molecule has 6 heteroatoms. The van der Waals surface area contributed by atoms with Crippen LogP contribution >= 0.6 is 11.6 Å². The van der Waals surface area contributed by atoms with Crippen LogP contribution in [0.5, 0.6) is 5.75 Å². The molecule has 0 amide bonds. The molecule has 2 aliphatic rings. The second kappa shape index (κ2) is 7.19. The van der Waals surface area contributed by atoms with Gasteiger partial charge in [0.25, 0.3) is 0 Å². The fourth-order valence-electron chi connectivity index (χ4n) is 4.23. The Hall–Kier alpha value is -1.46. The van der Waals surface area contributed by atoms with E-state index in [2.05, 4.69) is 4.90 Å². The lowest BCUT2D eigenvalue weighted by atomic mass is 9.84. The second-order valence-electron chi connectivity index (χ2n) is 6.93. The van der Waals surface area contributed by atoms with Gasteiger partial charge in [-0.05, 0) is 50.6 Å². The quantitative estimate of drug-likeness (QED) is 0.812. The maximum Gasteiger partial charge on any atom is 0.339 e. The fraction of sp³-hybridized carbons (Fsp3) is 0.611. The number of nitrogens with zero attached hydrogens (tertiary/aromatic N) is 1. The molecule has 0 bridgehead atoms. The molecular weight excluding hydrogens is 328 g/mol. The van der Waals surface area contributed by atoms with Crippen molar-refractivity contribution in [2.24, 2.45) is 5.92 Å². The molecule has 3 N–H and O–H groups in total. The summed E-state index contributed by atoms with van der Waals surface area (Å²) in [6.07, 6.45) is 6.97. The number of carboxylic acids is 1. The highest BCUT2D eigenvalue weighted by atomic mass is 35.5. The van der Waals surface area contributed by atoms with E-state index in [4.69, 9.17) is 22.1 Å². The van der Waals surface area contributed by atoms with E-state index in [0.29, 0.717) is 23.8 Å². The minimum absolute atomic E-state index is 0.0818. The van der Waals surface area contributed by atoms with Gasteiger partial charge in [0.1, 0.15) is 11.3 Å². The van der Waals surface area contributed by atoms with E-state index in [1.807, 2.05) is 0 Å². The van der Waals surface area contributed by atoms with Crippen LogP contribution < -0.4 is 10.5 Å². The lowest BCUT2D eigenvalue weighted by Gasteiger charge is -2.42. The summed E-state index contributed by atoms with van der Waals surface area (Å²) in [6, 6.07) is 2.10. The Bertz CT molecular complexity index is 635. The molecule has 2 saturated heterocycles. The van der Waals surface area contributed by atoms with E-state index in [-0.39, 0.29) is 10.6 Å². The van der Waals surface area contributed by atoms with Gasteiger partial charge in [0.05, 0.1) is 17.8 Å². The summed E-state index contributed by atoms with van der Waals surface area (Å²) in [7, 11) is 1.49. The zero-order valence-electron chi connectivity index (χ0n) is 14.1. The molecule has 0 aromatic heterocycles. The normalized spacial score (nSPS) is 24.4. The van der Waals surface area contributed by atoms with Gasteiger partial charge in [-0.15, -0.1) is 0 Å². The molecule has 0 spiro atoms. The van der Waals surface area contributed by atoms with Crippen molar-refractivity contribution in [3.63, 3.8) is 0 Å². The Balaban J connectivity index is 1.85. The number of piperidine rings is 2. The van der Waals surface area contributed by atoms with Crippen LogP contribution in [0.3, 0.4) is 0 Å². The summed E-state index contributed by atoms with van der Waals surface area (Å²) in [4.78, 5) is 14.1. The third kappa shape index (κ3) is 3.33. The first kappa shape index (κ1) is 17.4. The van der Waals surface area contributed by atoms with Gasteiger partial charge in [-0.25, -0.2) is 4.79 Å². The van der Waals surface area contributed by atoms with E-state index in [1.165, 1.54) is 45.4 Å². The second-order valence-corrected chi connectivity index (χ2v) is 7.34. The maximum absolute atomic E-state index is 11.5. The summed E-state index contributed by atoms with van der Waals surface area (Å²) in [5.74, 6) is -0.240. The molecule has 0 radical (unpaired) electrons. The average Bonchev–Trinajstić information content (AvgIpc) is 2.58. The Labute approximate surface area is 147 Å². The number of nitrogen functional groups attached to an aromatic ring is 1. The van der Waals surface area contributed by atoms with E-state index in [9.17, 15) is 9.90 Å². The molecular formula is C18H25ClN2O3. The smallest absolute Gasteiger partial charge is 0.339 e. The first-order chi connectivity index (χ1) is 11.5. The molecule has 1 aromatic rings. The number of carboxylic acid groups (broad SMARTS) is 1. The molecule has 2 unspecified atom stereocenters. The number of ether oxygens (including phenoxy) is 1. The van der Waals surface area contributed by atoms with Crippen molar-refractivity contribution in [1.29, 1.82) is 0 Å². The van der Waals surface area contributed by atoms with E-state index in [0.717, 1.165) is 24.6 Å². The van der Waals surface area contributed by atoms with Crippen molar-refractivity contribution in [2.75, 3.05) is 25.9 Å². The van der Waals surface area contributed by atoms with Crippen molar-refractivity contribution in [3.8, 4) is 5.75 Å². The Morgan fingerprint density at radius 3 is 2.92 bits per heavy atom. The SMILES string of the molecule is COc1c(C(=O)O)cc(Cl)c(N)c1CC1CCC2CCCCN2C1. The molecule has 2 fully saturated rings. The fourth-order valence-corrected chi connectivity index (χ4v) is 4.45. The maximum atomic E-state index is 11.5. The predicted molar refractivity (Wildman–Crippen MR) is 95.0 cm³/mol. The van der Waals surface area contributed by atoms with Crippen LogP contribution in [0.2, 0.25) is 5.02 Å². The summed E-state index contributed by atoms with van der Waals surface area (Å²) in [6.45, 7) is 2.21. The van der Waals surface area contributed by atoms with Gasteiger partial charge in [-0.3, -0.25) is 0 Å². The molecule has 24 heavy (non-hydrogen) atoms. The van der Waals surface area contributed by atoms with Gasteiger partial charge in [0.15, 0.2) is 0 Å². The highest BCUT2D eigenvalue weighted by Gasteiger charge is 2.31.